The van der Waals surface area contributed by atoms with E-state index in [0.717, 1.165) is 5.56 Å². The molecule has 24 heavy (non-hydrogen) atoms. The number of hydrogen-bond donors (Lipinski definition) is 1. The van der Waals surface area contributed by atoms with Gasteiger partial charge in [-0.25, -0.2) is 4.79 Å². The zero-order valence-electron chi connectivity index (χ0n) is 13.4. The SMILES string of the molecule is CCc1c(C(=O)O)ccc(OC)c1OCCc1ccc(Cl)cc1Cl. The number of rotatable bonds is 7. The fourth-order valence-electron chi connectivity index (χ4n) is 2.46. The molecule has 0 bridgehead atoms. The standard InChI is InChI=1S/C18H18Cl2O4/c1-3-13-14(18(21)22)6-7-16(23-2)17(13)24-9-8-11-4-5-12(19)10-15(11)20/h4-7,10H,3,8-9H2,1-2H3,(H,21,22). The molecule has 2 aromatic carbocycles. The van der Waals surface area contributed by atoms with Crippen LogP contribution in [-0.4, -0.2) is 24.8 Å². The highest BCUT2D eigenvalue weighted by Gasteiger charge is 2.18. The maximum absolute atomic E-state index is 11.4. The van der Waals surface area contributed by atoms with Gasteiger partial charge in [0.2, 0.25) is 0 Å². The molecule has 0 unspecified atom stereocenters. The molecule has 0 aliphatic heterocycles. The smallest absolute Gasteiger partial charge is 0.336 e. The van der Waals surface area contributed by atoms with E-state index in [1.165, 1.54) is 13.2 Å². The van der Waals surface area contributed by atoms with Crippen molar-refractivity contribution in [3.63, 3.8) is 0 Å². The van der Waals surface area contributed by atoms with E-state index in [1.807, 2.05) is 13.0 Å². The highest BCUT2D eigenvalue weighted by atomic mass is 35.5. The molecule has 0 spiro atoms. The predicted octanol–water partition coefficient (Wildman–Crippen LogP) is 4.88. The summed E-state index contributed by atoms with van der Waals surface area (Å²) in [5.74, 6) is -0.0101. The highest BCUT2D eigenvalue weighted by molar-refractivity contribution is 6.35. The van der Waals surface area contributed by atoms with Gasteiger partial charge in [0.05, 0.1) is 19.3 Å². The molecule has 1 N–H and O–H groups in total. The van der Waals surface area contributed by atoms with Crippen molar-refractivity contribution in [2.24, 2.45) is 0 Å². The molecule has 0 fully saturated rings. The topological polar surface area (TPSA) is 55.8 Å². The largest absolute Gasteiger partial charge is 0.493 e. The second-order valence-electron chi connectivity index (χ2n) is 5.12. The third-order valence-electron chi connectivity index (χ3n) is 3.66. The molecule has 0 aromatic heterocycles. The van der Waals surface area contributed by atoms with Crippen molar-refractivity contribution in [3.05, 3.63) is 57.1 Å². The van der Waals surface area contributed by atoms with Crippen LogP contribution in [0.1, 0.15) is 28.4 Å². The molecule has 0 aliphatic rings. The normalized spacial score (nSPS) is 10.5. The van der Waals surface area contributed by atoms with Crippen LogP contribution in [0.25, 0.3) is 0 Å². The van der Waals surface area contributed by atoms with E-state index in [0.29, 0.717) is 46.6 Å². The molecule has 0 amide bonds. The Morgan fingerprint density at radius 1 is 1.21 bits per heavy atom. The Hall–Kier alpha value is -1.91. The van der Waals surface area contributed by atoms with E-state index in [2.05, 4.69) is 0 Å². The van der Waals surface area contributed by atoms with Crippen LogP contribution in [0.3, 0.4) is 0 Å². The first-order chi connectivity index (χ1) is 11.5. The Morgan fingerprint density at radius 3 is 2.54 bits per heavy atom. The predicted molar refractivity (Wildman–Crippen MR) is 95.0 cm³/mol. The number of carboxylic acids is 1. The van der Waals surface area contributed by atoms with E-state index in [1.54, 1.807) is 18.2 Å². The molecule has 0 saturated carbocycles. The van der Waals surface area contributed by atoms with Gasteiger partial charge in [0.25, 0.3) is 0 Å². The summed E-state index contributed by atoms with van der Waals surface area (Å²) in [7, 11) is 1.53. The minimum absolute atomic E-state index is 0.220. The zero-order chi connectivity index (χ0) is 17.7. The molecule has 4 nitrogen and oxygen atoms in total. The van der Waals surface area contributed by atoms with E-state index in [4.69, 9.17) is 32.7 Å². The van der Waals surface area contributed by atoms with Crippen LogP contribution >= 0.6 is 23.2 Å². The molecule has 2 rings (SSSR count). The van der Waals surface area contributed by atoms with Gasteiger partial charge in [-0.1, -0.05) is 36.2 Å². The Bertz CT molecular complexity index is 744. The van der Waals surface area contributed by atoms with Gasteiger partial charge in [-0.05, 0) is 36.2 Å². The summed E-state index contributed by atoms with van der Waals surface area (Å²) in [5.41, 5.74) is 1.74. The van der Waals surface area contributed by atoms with Gasteiger partial charge in [-0.15, -0.1) is 0 Å². The van der Waals surface area contributed by atoms with Crippen molar-refractivity contribution in [3.8, 4) is 11.5 Å². The molecular weight excluding hydrogens is 351 g/mol. The number of ether oxygens (including phenoxy) is 2. The van der Waals surface area contributed by atoms with Crippen molar-refractivity contribution in [1.82, 2.24) is 0 Å². The quantitative estimate of drug-likeness (QED) is 0.756. The van der Waals surface area contributed by atoms with E-state index in [9.17, 15) is 9.90 Å². The number of methoxy groups -OCH3 is 1. The molecular formula is C18H18Cl2O4. The van der Waals surface area contributed by atoms with Crippen molar-refractivity contribution >= 4 is 29.2 Å². The average molecular weight is 369 g/mol. The van der Waals surface area contributed by atoms with Crippen molar-refractivity contribution in [2.75, 3.05) is 13.7 Å². The van der Waals surface area contributed by atoms with Gasteiger partial charge in [0.15, 0.2) is 11.5 Å². The van der Waals surface area contributed by atoms with Gasteiger partial charge in [-0.3, -0.25) is 0 Å². The summed E-state index contributed by atoms with van der Waals surface area (Å²) in [5, 5.41) is 10.5. The summed E-state index contributed by atoms with van der Waals surface area (Å²) < 4.78 is 11.2. The first-order valence-corrected chi connectivity index (χ1v) is 8.23. The number of aromatic carboxylic acids is 1. The fourth-order valence-corrected chi connectivity index (χ4v) is 2.97. The van der Waals surface area contributed by atoms with E-state index < -0.39 is 5.97 Å². The molecule has 0 aliphatic carbocycles. The van der Waals surface area contributed by atoms with Crippen LogP contribution < -0.4 is 9.47 Å². The second-order valence-corrected chi connectivity index (χ2v) is 5.96. The van der Waals surface area contributed by atoms with Crippen LogP contribution in [-0.2, 0) is 12.8 Å². The minimum atomic E-state index is -0.986. The lowest BCUT2D eigenvalue weighted by molar-refractivity contribution is 0.0695. The third kappa shape index (κ3) is 4.13. The Labute approximate surface area is 150 Å². The maximum Gasteiger partial charge on any atom is 0.336 e. The van der Waals surface area contributed by atoms with E-state index >= 15 is 0 Å². The number of benzene rings is 2. The van der Waals surface area contributed by atoms with Crippen LogP contribution in [0.15, 0.2) is 30.3 Å². The van der Waals surface area contributed by atoms with Gasteiger partial charge < -0.3 is 14.6 Å². The Morgan fingerprint density at radius 2 is 1.96 bits per heavy atom. The molecule has 6 heteroatoms. The summed E-state index contributed by atoms with van der Waals surface area (Å²) in [4.78, 5) is 11.4. The number of carboxylic acid groups (broad SMARTS) is 1. The number of halogens is 2. The Balaban J connectivity index is 2.21. The van der Waals surface area contributed by atoms with Gasteiger partial charge in [0, 0.05) is 22.0 Å². The average Bonchev–Trinajstić information content (AvgIpc) is 2.55. The first kappa shape index (κ1) is 18.4. The fraction of sp³-hybridized carbons (Fsp3) is 0.278. The summed E-state index contributed by atoms with van der Waals surface area (Å²) in [6, 6.07) is 8.43. The van der Waals surface area contributed by atoms with Crippen LogP contribution in [0.4, 0.5) is 0 Å². The molecule has 0 atom stereocenters. The molecule has 0 saturated heterocycles. The van der Waals surface area contributed by atoms with Gasteiger partial charge in [-0.2, -0.15) is 0 Å². The van der Waals surface area contributed by atoms with Gasteiger partial charge >= 0.3 is 5.97 Å². The molecule has 2 aromatic rings. The maximum atomic E-state index is 11.4. The summed E-state index contributed by atoms with van der Waals surface area (Å²) in [6.45, 7) is 2.22. The van der Waals surface area contributed by atoms with Crippen molar-refractivity contribution < 1.29 is 19.4 Å². The first-order valence-electron chi connectivity index (χ1n) is 7.47. The Kier molecular flexibility index (Phi) is 6.35. The highest BCUT2D eigenvalue weighted by Crippen LogP contribution is 2.34. The monoisotopic (exact) mass is 368 g/mol. The van der Waals surface area contributed by atoms with Crippen LogP contribution in [0.2, 0.25) is 10.0 Å². The van der Waals surface area contributed by atoms with Crippen LogP contribution in [0.5, 0.6) is 11.5 Å². The number of carbonyl (C=O) groups is 1. The summed E-state index contributed by atoms with van der Waals surface area (Å²) >= 11 is 12.0. The van der Waals surface area contributed by atoms with Gasteiger partial charge in [0.1, 0.15) is 0 Å². The van der Waals surface area contributed by atoms with Crippen molar-refractivity contribution in [2.45, 2.75) is 19.8 Å². The third-order valence-corrected chi connectivity index (χ3v) is 4.25. The molecule has 0 radical (unpaired) electrons. The number of hydrogen-bond acceptors (Lipinski definition) is 3. The lowest BCUT2D eigenvalue weighted by Crippen LogP contribution is -2.09. The second kappa shape index (κ2) is 8.27. The van der Waals surface area contributed by atoms with Crippen molar-refractivity contribution in [1.29, 1.82) is 0 Å². The molecule has 128 valence electrons. The van der Waals surface area contributed by atoms with E-state index in [-0.39, 0.29) is 5.56 Å². The lowest BCUT2D eigenvalue weighted by Gasteiger charge is -2.16. The lowest BCUT2D eigenvalue weighted by atomic mass is 10.0. The summed E-state index contributed by atoms with van der Waals surface area (Å²) in [6.07, 6.45) is 1.09. The minimum Gasteiger partial charge on any atom is -0.493 e. The zero-order valence-corrected chi connectivity index (χ0v) is 14.9. The van der Waals surface area contributed by atoms with Crippen LogP contribution in [0, 0.1) is 0 Å². The molecule has 0 heterocycles.